The third kappa shape index (κ3) is 5.12. The first-order chi connectivity index (χ1) is 6.97. The minimum absolute atomic E-state index is 0.0284. The Bertz CT molecular complexity index is 316. The van der Waals surface area contributed by atoms with Gasteiger partial charge in [-0.1, -0.05) is 0 Å². The molecule has 0 radical (unpaired) electrons. The van der Waals surface area contributed by atoms with Gasteiger partial charge in [-0.3, -0.25) is 9.78 Å². The Balaban J connectivity index is 2.35. The van der Waals surface area contributed by atoms with Gasteiger partial charge in [0.15, 0.2) is 0 Å². The molecule has 0 aliphatic carbocycles. The van der Waals surface area contributed by atoms with E-state index < -0.39 is 5.54 Å². The second-order valence-corrected chi connectivity index (χ2v) is 4.30. The Kier molecular flexibility index (Phi) is 3.80. The maximum Gasteiger partial charge on any atom is 0.222 e. The minimum atomic E-state index is -0.456. The summed E-state index contributed by atoms with van der Waals surface area (Å²) in [6.45, 7) is 4.19. The highest BCUT2D eigenvalue weighted by Gasteiger charge is 2.15. The van der Waals surface area contributed by atoms with E-state index in [1.807, 2.05) is 26.0 Å². The van der Waals surface area contributed by atoms with Gasteiger partial charge in [-0.15, -0.1) is 0 Å². The first kappa shape index (κ1) is 11.7. The van der Waals surface area contributed by atoms with Crippen LogP contribution in [0.5, 0.6) is 0 Å². The van der Waals surface area contributed by atoms with Crippen molar-refractivity contribution in [1.82, 2.24) is 10.3 Å². The van der Waals surface area contributed by atoms with E-state index in [4.69, 9.17) is 5.73 Å². The number of rotatable bonds is 4. The van der Waals surface area contributed by atoms with Crippen molar-refractivity contribution in [1.29, 1.82) is 0 Å². The SMILES string of the molecule is CC(C)(N)CC(=O)NCc1ccncc1. The van der Waals surface area contributed by atoms with Gasteiger partial charge in [0.25, 0.3) is 0 Å². The number of pyridine rings is 1. The third-order valence-electron chi connectivity index (χ3n) is 1.86. The molecule has 1 heterocycles. The summed E-state index contributed by atoms with van der Waals surface area (Å²) in [5.74, 6) is -0.0284. The lowest BCUT2D eigenvalue weighted by Gasteiger charge is -2.17. The molecule has 4 nitrogen and oxygen atoms in total. The zero-order valence-electron chi connectivity index (χ0n) is 9.16. The molecular weight excluding hydrogens is 190 g/mol. The van der Waals surface area contributed by atoms with Gasteiger partial charge in [-0.25, -0.2) is 0 Å². The monoisotopic (exact) mass is 207 g/mol. The molecule has 0 aromatic carbocycles. The maximum absolute atomic E-state index is 11.4. The van der Waals surface area contributed by atoms with E-state index >= 15 is 0 Å². The van der Waals surface area contributed by atoms with E-state index in [2.05, 4.69) is 10.3 Å². The van der Waals surface area contributed by atoms with Crippen molar-refractivity contribution in [2.45, 2.75) is 32.4 Å². The summed E-state index contributed by atoms with van der Waals surface area (Å²) in [7, 11) is 0. The van der Waals surface area contributed by atoms with Gasteiger partial charge < -0.3 is 11.1 Å². The van der Waals surface area contributed by atoms with Crippen molar-refractivity contribution in [3.63, 3.8) is 0 Å². The van der Waals surface area contributed by atoms with Crippen molar-refractivity contribution in [3.05, 3.63) is 30.1 Å². The smallest absolute Gasteiger partial charge is 0.222 e. The Hall–Kier alpha value is -1.42. The van der Waals surface area contributed by atoms with Crippen LogP contribution in [-0.2, 0) is 11.3 Å². The fraction of sp³-hybridized carbons (Fsp3) is 0.455. The first-order valence-corrected chi connectivity index (χ1v) is 4.92. The predicted molar refractivity (Wildman–Crippen MR) is 59.0 cm³/mol. The van der Waals surface area contributed by atoms with Gasteiger partial charge >= 0.3 is 0 Å². The number of nitrogens with one attached hydrogen (secondary N) is 1. The molecule has 82 valence electrons. The van der Waals surface area contributed by atoms with Crippen LogP contribution in [0, 0.1) is 0 Å². The van der Waals surface area contributed by atoms with E-state index in [1.54, 1.807) is 12.4 Å². The lowest BCUT2D eigenvalue weighted by atomic mass is 10.0. The number of carbonyl (C=O) groups is 1. The highest BCUT2D eigenvalue weighted by molar-refractivity contribution is 5.77. The number of hydrogen-bond acceptors (Lipinski definition) is 3. The molecule has 0 bridgehead atoms. The molecule has 1 rings (SSSR count). The number of hydrogen-bond donors (Lipinski definition) is 2. The summed E-state index contributed by atoms with van der Waals surface area (Å²) >= 11 is 0. The molecule has 0 unspecified atom stereocenters. The quantitative estimate of drug-likeness (QED) is 0.768. The molecule has 0 atom stereocenters. The van der Waals surface area contributed by atoms with Crippen LogP contribution in [0.2, 0.25) is 0 Å². The van der Waals surface area contributed by atoms with Gasteiger partial charge in [0.05, 0.1) is 0 Å². The summed E-state index contributed by atoms with van der Waals surface area (Å²) in [5.41, 5.74) is 6.31. The van der Waals surface area contributed by atoms with Crippen LogP contribution in [0.3, 0.4) is 0 Å². The van der Waals surface area contributed by atoms with Gasteiger partial charge in [0.2, 0.25) is 5.91 Å². The molecule has 0 spiro atoms. The number of nitrogens with two attached hydrogens (primary N) is 1. The zero-order chi connectivity index (χ0) is 11.3. The fourth-order valence-corrected chi connectivity index (χ4v) is 1.18. The van der Waals surface area contributed by atoms with Crippen molar-refractivity contribution >= 4 is 5.91 Å². The Morgan fingerprint density at radius 1 is 1.47 bits per heavy atom. The van der Waals surface area contributed by atoms with Crippen molar-refractivity contribution in [2.75, 3.05) is 0 Å². The standard InChI is InChI=1S/C11H17N3O/c1-11(2,12)7-10(15)14-8-9-3-5-13-6-4-9/h3-6H,7-8,12H2,1-2H3,(H,14,15). The molecule has 3 N–H and O–H groups in total. The van der Waals surface area contributed by atoms with E-state index in [0.717, 1.165) is 5.56 Å². The predicted octanol–water partition coefficient (Wildman–Crippen LogP) is 0.825. The molecule has 0 saturated heterocycles. The average molecular weight is 207 g/mol. The molecule has 0 aliphatic rings. The summed E-state index contributed by atoms with van der Waals surface area (Å²) in [4.78, 5) is 15.3. The highest BCUT2D eigenvalue weighted by atomic mass is 16.1. The lowest BCUT2D eigenvalue weighted by molar-refractivity contribution is -0.122. The van der Waals surface area contributed by atoms with Crippen molar-refractivity contribution in [2.24, 2.45) is 5.73 Å². The molecule has 4 heteroatoms. The zero-order valence-corrected chi connectivity index (χ0v) is 9.16. The molecule has 1 aromatic heterocycles. The highest BCUT2D eigenvalue weighted by Crippen LogP contribution is 2.03. The largest absolute Gasteiger partial charge is 0.352 e. The Morgan fingerprint density at radius 2 is 2.07 bits per heavy atom. The topological polar surface area (TPSA) is 68.0 Å². The van der Waals surface area contributed by atoms with Gasteiger partial charge in [-0.2, -0.15) is 0 Å². The average Bonchev–Trinajstić information content (AvgIpc) is 2.14. The maximum atomic E-state index is 11.4. The van der Waals surface area contributed by atoms with Crippen molar-refractivity contribution < 1.29 is 4.79 Å². The van der Waals surface area contributed by atoms with Crippen molar-refractivity contribution in [3.8, 4) is 0 Å². The molecule has 1 amide bonds. The lowest BCUT2D eigenvalue weighted by Crippen LogP contribution is -2.38. The normalized spacial score (nSPS) is 11.1. The number of amides is 1. The number of aromatic nitrogens is 1. The second-order valence-electron chi connectivity index (χ2n) is 4.30. The van der Waals surface area contributed by atoms with E-state index in [1.165, 1.54) is 0 Å². The minimum Gasteiger partial charge on any atom is -0.352 e. The Morgan fingerprint density at radius 3 is 2.60 bits per heavy atom. The van der Waals surface area contributed by atoms with Gasteiger partial charge in [-0.05, 0) is 31.5 Å². The number of carbonyl (C=O) groups excluding carboxylic acids is 1. The van der Waals surface area contributed by atoms with Gasteiger partial charge in [0.1, 0.15) is 0 Å². The van der Waals surface area contributed by atoms with Gasteiger partial charge in [0, 0.05) is 30.9 Å². The third-order valence-corrected chi connectivity index (χ3v) is 1.86. The molecule has 0 saturated carbocycles. The first-order valence-electron chi connectivity index (χ1n) is 4.92. The summed E-state index contributed by atoms with van der Waals surface area (Å²) in [6.07, 6.45) is 3.74. The molecular formula is C11H17N3O. The second kappa shape index (κ2) is 4.89. The molecule has 15 heavy (non-hydrogen) atoms. The Labute approximate surface area is 89.9 Å². The van der Waals surface area contributed by atoms with E-state index in [9.17, 15) is 4.79 Å². The van der Waals surface area contributed by atoms with Crippen LogP contribution in [0.1, 0.15) is 25.8 Å². The number of nitrogens with zero attached hydrogens (tertiary/aromatic N) is 1. The van der Waals surface area contributed by atoms with Crippen LogP contribution in [0.25, 0.3) is 0 Å². The molecule has 1 aromatic rings. The molecule has 0 aliphatic heterocycles. The summed E-state index contributed by atoms with van der Waals surface area (Å²) in [6, 6.07) is 3.74. The van der Waals surface area contributed by atoms with Crippen LogP contribution < -0.4 is 11.1 Å². The van der Waals surface area contributed by atoms with Crippen LogP contribution in [0.15, 0.2) is 24.5 Å². The summed E-state index contributed by atoms with van der Waals surface area (Å²) in [5, 5.41) is 2.81. The summed E-state index contributed by atoms with van der Waals surface area (Å²) < 4.78 is 0. The molecule has 0 fully saturated rings. The van der Waals surface area contributed by atoms with Crippen LogP contribution in [-0.4, -0.2) is 16.4 Å². The van der Waals surface area contributed by atoms with E-state index in [0.29, 0.717) is 13.0 Å². The van der Waals surface area contributed by atoms with E-state index in [-0.39, 0.29) is 5.91 Å². The fourth-order valence-electron chi connectivity index (χ4n) is 1.18. The van der Waals surface area contributed by atoms with Crippen LogP contribution in [0.4, 0.5) is 0 Å². The van der Waals surface area contributed by atoms with Crippen LogP contribution >= 0.6 is 0 Å².